The average Bonchev–Trinajstić information content (AvgIpc) is 1.85. The van der Waals surface area contributed by atoms with Gasteiger partial charge in [-0.1, -0.05) is 0 Å². The highest BCUT2D eigenvalue weighted by atomic mass is 16.3. The Morgan fingerprint density at radius 2 is 2.27 bits per heavy atom. The standard InChI is InChI=1S/C8H9NO2/c1-5-3-7(11)8(6(2)10)9-4-5/h3-4,11H,1-2H3. The third kappa shape index (κ3) is 1.55. The van der Waals surface area contributed by atoms with E-state index in [4.69, 9.17) is 0 Å². The summed E-state index contributed by atoms with van der Waals surface area (Å²) in [6.45, 7) is 3.17. The number of hydrogen-bond donors (Lipinski definition) is 1. The molecule has 0 saturated heterocycles. The molecule has 11 heavy (non-hydrogen) atoms. The smallest absolute Gasteiger partial charge is 0.181 e. The Balaban J connectivity index is 3.20. The molecule has 1 rings (SSSR count). The first-order valence-electron chi connectivity index (χ1n) is 3.28. The van der Waals surface area contributed by atoms with Gasteiger partial charge in [-0.3, -0.25) is 4.79 Å². The van der Waals surface area contributed by atoms with E-state index in [0.29, 0.717) is 0 Å². The molecule has 0 aliphatic carbocycles. The van der Waals surface area contributed by atoms with Gasteiger partial charge in [0.1, 0.15) is 11.4 Å². The summed E-state index contributed by atoms with van der Waals surface area (Å²) in [6.07, 6.45) is 1.55. The molecule has 0 fully saturated rings. The van der Waals surface area contributed by atoms with E-state index in [1.54, 1.807) is 13.1 Å². The van der Waals surface area contributed by atoms with E-state index < -0.39 is 0 Å². The average molecular weight is 151 g/mol. The van der Waals surface area contributed by atoms with Crippen LogP contribution >= 0.6 is 0 Å². The van der Waals surface area contributed by atoms with Crippen LogP contribution in [0.1, 0.15) is 23.0 Å². The number of pyridine rings is 1. The maximum atomic E-state index is 10.8. The molecular formula is C8H9NO2. The zero-order valence-electron chi connectivity index (χ0n) is 6.46. The van der Waals surface area contributed by atoms with E-state index in [0.717, 1.165) is 5.56 Å². The number of ketones is 1. The van der Waals surface area contributed by atoms with Gasteiger partial charge < -0.3 is 5.11 Å². The molecule has 1 aromatic heterocycles. The summed E-state index contributed by atoms with van der Waals surface area (Å²) >= 11 is 0. The first kappa shape index (κ1) is 7.72. The van der Waals surface area contributed by atoms with Crippen molar-refractivity contribution < 1.29 is 9.90 Å². The summed E-state index contributed by atoms with van der Waals surface area (Å²) in [5, 5.41) is 9.18. The molecule has 0 aliphatic rings. The molecule has 3 nitrogen and oxygen atoms in total. The Morgan fingerprint density at radius 1 is 1.64 bits per heavy atom. The van der Waals surface area contributed by atoms with Crippen LogP contribution in [0.4, 0.5) is 0 Å². The van der Waals surface area contributed by atoms with Gasteiger partial charge in [0.25, 0.3) is 0 Å². The highest BCUT2D eigenvalue weighted by Crippen LogP contribution is 2.15. The minimum absolute atomic E-state index is 0.0440. The van der Waals surface area contributed by atoms with Gasteiger partial charge in [0.2, 0.25) is 0 Å². The maximum absolute atomic E-state index is 10.8. The predicted molar refractivity (Wildman–Crippen MR) is 40.6 cm³/mol. The van der Waals surface area contributed by atoms with E-state index in [-0.39, 0.29) is 17.2 Å². The number of aromatic nitrogens is 1. The van der Waals surface area contributed by atoms with Crippen molar-refractivity contribution >= 4 is 5.78 Å². The van der Waals surface area contributed by atoms with Gasteiger partial charge in [0, 0.05) is 13.1 Å². The molecule has 0 spiro atoms. The highest BCUT2D eigenvalue weighted by molar-refractivity contribution is 5.94. The van der Waals surface area contributed by atoms with Crippen LogP contribution < -0.4 is 0 Å². The minimum atomic E-state index is -0.220. The molecule has 0 bridgehead atoms. The van der Waals surface area contributed by atoms with Crippen molar-refractivity contribution in [1.82, 2.24) is 4.98 Å². The van der Waals surface area contributed by atoms with Crippen molar-refractivity contribution in [1.29, 1.82) is 0 Å². The number of carbonyl (C=O) groups is 1. The van der Waals surface area contributed by atoms with Crippen molar-refractivity contribution in [2.75, 3.05) is 0 Å². The van der Waals surface area contributed by atoms with E-state index in [1.165, 1.54) is 13.0 Å². The van der Waals surface area contributed by atoms with Crippen LogP contribution in [0, 0.1) is 6.92 Å². The number of aryl methyl sites for hydroxylation is 1. The van der Waals surface area contributed by atoms with Crippen molar-refractivity contribution in [3.63, 3.8) is 0 Å². The van der Waals surface area contributed by atoms with E-state index >= 15 is 0 Å². The van der Waals surface area contributed by atoms with E-state index in [1.807, 2.05) is 0 Å². The lowest BCUT2D eigenvalue weighted by molar-refractivity contribution is 0.101. The molecule has 0 atom stereocenters. The van der Waals surface area contributed by atoms with Crippen molar-refractivity contribution in [3.05, 3.63) is 23.5 Å². The lowest BCUT2D eigenvalue weighted by atomic mass is 10.2. The van der Waals surface area contributed by atoms with Crippen molar-refractivity contribution in [3.8, 4) is 5.75 Å². The summed E-state index contributed by atoms with van der Waals surface area (Å²) in [7, 11) is 0. The molecule has 0 amide bonds. The molecule has 3 heteroatoms. The monoisotopic (exact) mass is 151 g/mol. The molecule has 0 unspecified atom stereocenters. The van der Waals surface area contributed by atoms with Crippen LogP contribution in [-0.4, -0.2) is 15.9 Å². The van der Waals surface area contributed by atoms with Crippen molar-refractivity contribution in [2.24, 2.45) is 0 Å². The van der Waals surface area contributed by atoms with Gasteiger partial charge in [-0.15, -0.1) is 0 Å². The van der Waals surface area contributed by atoms with Gasteiger partial charge in [0.05, 0.1) is 0 Å². The Bertz CT molecular complexity index is 294. The number of Topliss-reactive ketones (excluding diaryl/α,β-unsaturated/α-hetero) is 1. The fourth-order valence-corrected chi connectivity index (χ4v) is 0.825. The largest absolute Gasteiger partial charge is 0.506 e. The predicted octanol–water partition coefficient (Wildman–Crippen LogP) is 1.30. The molecule has 0 aliphatic heterocycles. The van der Waals surface area contributed by atoms with Gasteiger partial charge in [0.15, 0.2) is 5.78 Å². The van der Waals surface area contributed by atoms with Crippen LogP contribution in [0.5, 0.6) is 5.75 Å². The Labute approximate surface area is 64.7 Å². The Hall–Kier alpha value is -1.38. The van der Waals surface area contributed by atoms with Gasteiger partial charge in [-0.05, 0) is 18.6 Å². The van der Waals surface area contributed by atoms with Crippen LogP contribution in [-0.2, 0) is 0 Å². The fourth-order valence-electron chi connectivity index (χ4n) is 0.825. The molecule has 0 saturated carbocycles. The zero-order valence-corrected chi connectivity index (χ0v) is 6.46. The molecule has 1 heterocycles. The SMILES string of the molecule is CC(=O)c1ncc(C)cc1O. The second kappa shape index (κ2) is 2.70. The van der Waals surface area contributed by atoms with Gasteiger partial charge in [-0.2, -0.15) is 0 Å². The maximum Gasteiger partial charge on any atom is 0.181 e. The van der Waals surface area contributed by atoms with Crippen LogP contribution in [0.15, 0.2) is 12.3 Å². The third-order valence-corrected chi connectivity index (χ3v) is 1.34. The quantitative estimate of drug-likeness (QED) is 0.615. The molecule has 0 aromatic carbocycles. The Kier molecular flexibility index (Phi) is 1.89. The zero-order chi connectivity index (χ0) is 8.43. The van der Waals surface area contributed by atoms with Gasteiger partial charge in [-0.25, -0.2) is 4.98 Å². The van der Waals surface area contributed by atoms with E-state index in [2.05, 4.69) is 4.98 Å². The van der Waals surface area contributed by atoms with Crippen molar-refractivity contribution in [2.45, 2.75) is 13.8 Å². The molecule has 1 N–H and O–H groups in total. The highest BCUT2D eigenvalue weighted by Gasteiger charge is 2.06. The number of hydrogen-bond acceptors (Lipinski definition) is 3. The number of carbonyl (C=O) groups excluding carboxylic acids is 1. The lowest BCUT2D eigenvalue weighted by Crippen LogP contribution is -1.96. The molecule has 58 valence electrons. The Morgan fingerprint density at radius 3 is 2.73 bits per heavy atom. The third-order valence-electron chi connectivity index (χ3n) is 1.34. The van der Waals surface area contributed by atoms with Gasteiger partial charge >= 0.3 is 0 Å². The topological polar surface area (TPSA) is 50.2 Å². The second-order valence-electron chi connectivity index (χ2n) is 2.44. The van der Waals surface area contributed by atoms with Crippen LogP contribution in [0.2, 0.25) is 0 Å². The lowest BCUT2D eigenvalue weighted by Gasteiger charge is -1.98. The summed E-state index contributed by atoms with van der Waals surface area (Å²) in [5.41, 5.74) is 0.975. The fraction of sp³-hybridized carbons (Fsp3) is 0.250. The van der Waals surface area contributed by atoms with Crippen LogP contribution in [0.3, 0.4) is 0 Å². The summed E-state index contributed by atoms with van der Waals surface area (Å²) in [5.74, 6) is -0.264. The summed E-state index contributed by atoms with van der Waals surface area (Å²) in [4.78, 5) is 14.5. The molecule has 1 aromatic rings. The second-order valence-corrected chi connectivity index (χ2v) is 2.44. The normalized spacial score (nSPS) is 9.64. The first-order valence-corrected chi connectivity index (χ1v) is 3.28. The van der Waals surface area contributed by atoms with Crippen LogP contribution in [0.25, 0.3) is 0 Å². The minimum Gasteiger partial charge on any atom is -0.506 e. The first-order chi connectivity index (χ1) is 5.11. The molecule has 0 radical (unpaired) electrons. The number of rotatable bonds is 1. The summed E-state index contributed by atoms with van der Waals surface area (Å²) in [6, 6.07) is 1.52. The number of nitrogens with zero attached hydrogens (tertiary/aromatic N) is 1. The van der Waals surface area contributed by atoms with E-state index in [9.17, 15) is 9.90 Å². The summed E-state index contributed by atoms with van der Waals surface area (Å²) < 4.78 is 0. The number of aromatic hydroxyl groups is 1. The molecular weight excluding hydrogens is 142 g/mol.